The van der Waals surface area contributed by atoms with Gasteiger partial charge < -0.3 is 105 Å². The maximum absolute atomic E-state index is 14.9. The largest absolute Gasteiger partial charge is 0.480 e. The zero-order valence-electron chi connectivity index (χ0n) is 49.9. The summed E-state index contributed by atoms with van der Waals surface area (Å²) in [6, 6.07) is 9.84. The Bertz CT molecular complexity index is 3150. The van der Waals surface area contributed by atoms with E-state index in [0.717, 1.165) is 10.8 Å². The van der Waals surface area contributed by atoms with Gasteiger partial charge in [0.25, 0.3) is 0 Å². The Kier molecular flexibility index (Phi) is 30.2. The number of carbonyl (C=O) groups is 9. The van der Waals surface area contributed by atoms with Crippen molar-refractivity contribution in [3.63, 3.8) is 0 Å². The van der Waals surface area contributed by atoms with E-state index in [-0.39, 0.29) is 133 Å². The number of carbonyl (C=O) groups excluding carboxylic acids is 8. The Morgan fingerprint density at radius 2 is 0.811 bits per heavy atom. The van der Waals surface area contributed by atoms with E-state index in [1.54, 1.807) is 42.5 Å². The smallest absolute Gasteiger partial charge is 0.326 e. The third kappa shape index (κ3) is 27.0. The van der Waals surface area contributed by atoms with Crippen LogP contribution in [0.2, 0.25) is 0 Å². The summed E-state index contributed by atoms with van der Waals surface area (Å²) in [5.41, 5.74) is 57.8. The zero-order valence-corrected chi connectivity index (χ0v) is 49.9. The molecule has 4 rings (SSSR count). The molecule has 1 heterocycles. The number of rotatable bonds is 40. The number of H-pyrrole nitrogens is 1. The van der Waals surface area contributed by atoms with Crippen molar-refractivity contribution in [1.82, 2.24) is 47.2 Å². The van der Waals surface area contributed by atoms with Crippen LogP contribution in [0, 0.1) is 0 Å². The molecule has 33 heteroatoms. The molecule has 29 N–H and O–H groups in total. The van der Waals surface area contributed by atoms with Crippen LogP contribution in [0.1, 0.15) is 81.0 Å². The number of primary amides is 1. The van der Waals surface area contributed by atoms with Crippen molar-refractivity contribution in [3.8, 4) is 0 Å². The molecule has 33 nitrogen and oxygen atoms in total. The predicted molar refractivity (Wildman–Crippen MR) is 337 cm³/mol. The van der Waals surface area contributed by atoms with Gasteiger partial charge in [0.1, 0.15) is 42.3 Å². The number of imidazole rings is 1. The van der Waals surface area contributed by atoms with Gasteiger partial charge in [0.15, 0.2) is 23.8 Å². The van der Waals surface area contributed by atoms with Crippen molar-refractivity contribution in [2.75, 3.05) is 26.2 Å². The Morgan fingerprint density at radius 3 is 1.21 bits per heavy atom. The second-order valence-corrected chi connectivity index (χ2v) is 21.0. The first kappa shape index (κ1) is 71.9. The van der Waals surface area contributed by atoms with Crippen LogP contribution in [0.25, 0.3) is 10.8 Å². The average molecular weight is 1250 g/mol. The fraction of sp³-hybridized carbons (Fsp3) is 0.439. The fourth-order valence-corrected chi connectivity index (χ4v) is 9.14. The SMILES string of the molecule is NC(=O)CC[C@H](NC(=O)[C@H](Cc1ccccc1)NC(=O)[C@H](Cc1ccc2ccccc2c1)NC(=O)[C@H](CCCN=C(N)N)NC(=O)[C@H](CCCN=C(N)N)NC(=O)[C@H](CCCN=C(N)N)NC(=O)[C@H](CCCN=C(N)N)NC(=O)[C@@H](N)Cc1cnc[nH]1)C(=O)O. The second-order valence-electron chi connectivity index (χ2n) is 21.0. The summed E-state index contributed by atoms with van der Waals surface area (Å²) in [6.07, 6.45) is 1.82. The number of hydrogen-bond donors (Lipinski definition) is 19. The Labute approximate surface area is 519 Å². The summed E-state index contributed by atoms with van der Waals surface area (Å²) in [5.74, 6) is -9.34. The highest BCUT2D eigenvalue weighted by Gasteiger charge is 2.35. The Morgan fingerprint density at radius 1 is 0.433 bits per heavy atom. The average Bonchev–Trinajstić information content (AvgIpc) is 1.98. The van der Waals surface area contributed by atoms with Crippen LogP contribution < -0.4 is 94.6 Å². The van der Waals surface area contributed by atoms with Gasteiger partial charge in [0, 0.05) is 63.8 Å². The molecular formula is C57H85N23O10. The number of aromatic amines is 1. The molecule has 4 aromatic rings. The van der Waals surface area contributed by atoms with Gasteiger partial charge in [-0.05, 0) is 79.7 Å². The normalized spacial score (nSPS) is 13.5. The molecule has 0 unspecified atom stereocenters. The molecule has 90 heavy (non-hydrogen) atoms. The molecule has 0 saturated carbocycles. The molecule has 0 fully saturated rings. The fourth-order valence-electron chi connectivity index (χ4n) is 9.14. The summed E-state index contributed by atoms with van der Waals surface area (Å²) < 4.78 is 0. The summed E-state index contributed by atoms with van der Waals surface area (Å²) in [7, 11) is 0. The van der Waals surface area contributed by atoms with E-state index >= 15 is 0 Å². The van der Waals surface area contributed by atoms with E-state index < -0.39 is 102 Å². The molecule has 0 spiro atoms. The number of nitrogens with one attached hydrogen (secondary N) is 8. The van der Waals surface area contributed by atoms with Gasteiger partial charge in [0.2, 0.25) is 47.3 Å². The van der Waals surface area contributed by atoms with Crippen LogP contribution >= 0.6 is 0 Å². The maximum Gasteiger partial charge on any atom is 0.326 e. The standard InChI is InChI=1S/C57H85N23O10/c58-37(29-36-30-68-31-73-36)46(82)74-38(14-6-22-69-54(60)61)47(83)75-39(15-7-23-70-55(62)63)48(84)76-40(16-8-24-71-56(64)65)49(85)77-41(17-9-25-72-57(66)67)50(86)79-44(28-33-18-19-34-12-4-5-13-35(34)26-33)52(88)80-43(27-32-10-2-1-3-11-32)51(87)78-42(53(89)90)20-21-45(59)81/h1-5,10-13,18-19,26,30-31,37-44H,6-9,14-17,20-25,27-29,58H2,(H2,59,81)(H,68,73)(H,74,82)(H,75,83)(H,76,84)(H,77,85)(H,78,87)(H,79,86)(H,80,88)(H,89,90)(H4,60,61,69)(H4,62,63,70)(H4,64,65,71)(H4,66,67,72)/t37-,38-,39-,40-,41-,42-,43-,44-/m0/s1. The van der Waals surface area contributed by atoms with Gasteiger partial charge >= 0.3 is 5.97 Å². The molecule has 1 aromatic heterocycles. The van der Waals surface area contributed by atoms with Gasteiger partial charge in [-0.15, -0.1) is 0 Å². The lowest BCUT2D eigenvalue weighted by Gasteiger charge is -2.28. The van der Waals surface area contributed by atoms with E-state index in [4.69, 9.17) is 57.3 Å². The first-order chi connectivity index (χ1) is 42.9. The third-order valence-corrected chi connectivity index (χ3v) is 13.7. The second kappa shape index (κ2) is 37.8. The number of carboxylic acids is 1. The number of guanidine groups is 4. The third-order valence-electron chi connectivity index (χ3n) is 13.7. The molecule has 8 amide bonds. The van der Waals surface area contributed by atoms with Gasteiger partial charge in [-0.1, -0.05) is 72.8 Å². The molecule has 3 aromatic carbocycles. The number of nitrogens with two attached hydrogens (primary N) is 10. The van der Waals surface area contributed by atoms with E-state index in [1.165, 1.54) is 12.5 Å². The van der Waals surface area contributed by atoms with Crippen LogP contribution in [0.15, 0.2) is 105 Å². The number of hydrogen-bond acceptors (Lipinski definition) is 15. The van der Waals surface area contributed by atoms with E-state index in [1.807, 2.05) is 30.3 Å². The highest BCUT2D eigenvalue weighted by atomic mass is 16.4. The molecule has 0 aliphatic heterocycles. The van der Waals surface area contributed by atoms with E-state index in [2.05, 4.69) is 67.2 Å². The van der Waals surface area contributed by atoms with Crippen molar-refractivity contribution < 1.29 is 48.3 Å². The molecule has 0 aliphatic rings. The minimum atomic E-state index is -1.58. The van der Waals surface area contributed by atoms with Crippen LogP contribution in [0.5, 0.6) is 0 Å². The number of benzene rings is 3. The molecule has 8 atom stereocenters. The summed E-state index contributed by atoms with van der Waals surface area (Å²) in [5, 5.41) is 30.2. The van der Waals surface area contributed by atoms with Crippen LogP contribution in [0.3, 0.4) is 0 Å². The summed E-state index contributed by atoms with van der Waals surface area (Å²) >= 11 is 0. The quantitative estimate of drug-likeness (QED) is 0.0113. The highest BCUT2D eigenvalue weighted by molar-refractivity contribution is 5.98. The van der Waals surface area contributed by atoms with Crippen LogP contribution in [0.4, 0.5) is 0 Å². The summed E-state index contributed by atoms with van der Waals surface area (Å²) in [6.45, 7) is 0.0274. The molecule has 488 valence electrons. The lowest BCUT2D eigenvalue weighted by Crippen LogP contribution is -2.60. The lowest BCUT2D eigenvalue weighted by molar-refractivity contribution is -0.142. The Hall–Kier alpha value is -10.6. The predicted octanol–water partition coefficient (Wildman–Crippen LogP) is -5.12. The van der Waals surface area contributed by atoms with Gasteiger partial charge in [-0.3, -0.25) is 58.3 Å². The molecule has 0 aliphatic carbocycles. The minimum Gasteiger partial charge on any atom is -0.480 e. The number of carboxylic acid groups (broad SMARTS) is 1. The number of aliphatic imine (C=N–C) groups is 4. The van der Waals surface area contributed by atoms with Crippen LogP contribution in [-0.2, 0) is 62.4 Å². The zero-order chi connectivity index (χ0) is 66.1. The number of aliphatic carboxylic acids is 1. The van der Waals surface area contributed by atoms with Gasteiger partial charge in [-0.2, -0.15) is 0 Å². The molecule has 0 radical (unpaired) electrons. The monoisotopic (exact) mass is 1250 g/mol. The van der Waals surface area contributed by atoms with E-state index in [0.29, 0.717) is 16.8 Å². The Balaban J connectivity index is 1.73. The lowest BCUT2D eigenvalue weighted by atomic mass is 9.99. The van der Waals surface area contributed by atoms with Gasteiger partial charge in [0.05, 0.1) is 12.4 Å². The number of nitrogens with zero attached hydrogens (tertiary/aromatic N) is 5. The molecular weight excluding hydrogens is 1170 g/mol. The number of aromatic nitrogens is 2. The van der Waals surface area contributed by atoms with E-state index in [9.17, 15) is 48.3 Å². The number of amides is 8. The number of fused-ring (bicyclic) bond motifs is 1. The van der Waals surface area contributed by atoms with Gasteiger partial charge in [-0.25, -0.2) is 9.78 Å². The first-order valence-electron chi connectivity index (χ1n) is 29.0. The molecule has 0 bridgehead atoms. The van der Waals surface area contributed by atoms with Crippen molar-refractivity contribution in [1.29, 1.82) is 0 Å². The minimum absolute atomic E-state index is 0.00650. The van der Waals surface area contributed by atoms with Crippen molar-refractivity contribution in [2.24, 2.45) is 77.3 Å². The maximum atomic E-state index is 14.9. The van der Waals surface area contributed by atoms with Crippen molar-refractivity contribution in [3.05, 3.63) is 102 Å². The molecule has 0 saturated heterocycles. The highest BCUT2D eigenvalue weighted by Crippen LogP contribution is 2.18. The van der Waals surface area contributed by atoms with Crippen molar-refractivity contribution in [2.45, 2.75) is 132 Å². The topological polar surface area (TPSA) is 596 Å². The first-order valence-corrected chi connectivity index (χ1v) is 29.0. The summed E-state index contributed by atoms with van der Waals surface area (Å²) in [4.78, 5) is 148. The van der Waals surface area contributed by atoms with Crippen LogP contribution in [-0.4, -0.2) is 167 Å². The van der Waals surface area contributed by atoms with Crippen molar-refractivity contribution >= 4 is 87.8 Å².